The number of amides is 1. The van der Waals surface area contributed by atoms with Crippen molar-refractivity contribution in [3.8, 4) is 0 Å². The maximum absolute atomic E-state index is 13.8. The molecule has 0 bridgehead atoms. The highest BCUT2D eigenvalue weighted by atomic mass is 32.2. The zero-order valence-electron chi connectivity index (χ0n) is 17.0. The topological polar surface area (TPSA) is 69.7 Å². The van der Waals surface area contributed by atoms with Gasteiger partial charge in [-0.05, 0) is 61.6 Å². The first-order chi connectivity index (χ1) is 14.4. The summed E-state index contributed by atoms with van der Waals surface area (Å²) in [6.45, 7) is 3.26. The van der Waals surface area contributed by atoms with Gasteiger partial charge in [0.05, 0.1) is 16.6 Å². The van der Waals surface area contributed by atoms with E-state index in [2.05, 4.69) is 5.32 Å². The normalized spacial score (nSPS) is 18.7. The number of anilines is 1. The van der Waals surface area contributed by atoms with Crippen LogP contribution in [0.25, 0.3) is 0 Å². The van der Waals surface area contributed by atoms with E-state index >= 15 is 0 Å². The van der Waals surface area contributed by atoms with E-state index in [-0.39, 0.29) is 11.6 Å². The highest BCUT2D eigenvalue weighted by molar-refractivity contribution is 7.89. The summed E-state index contributed by atoms with van der Waals surface area (Å²) in [5.74, 6) is -0.793. The van der Waals surface area contributed by atoms with E-state index in [1.165, 1.54) is 22.0 Å². The number of nitrogens with one attached hydrogen (secondary N) is 1. The third kappa shape index (κ3) is 4.12. The minimum atomic E-state index is -3.55. The largest absolute Gasteiger partial charge is 0.322 e. The van der Waals surface area contributed by atoms with Crippen molar-refractivity contribution >= 4 is 21.6 Å². The summed E-state index contributed by atoms with van der Waals surface area (Å²) in [4.78, 5) is 14.8. The lowest BCUT2D eigenvalue weighted by molar-refractivity contribution is -0.121. The molecule has 0 radical (unpaired) electrons. The predicted molar refractivity (Wildman–Crippen MR) is 113 cm³/mol. The van der Waals surface area contributed by atoms with E-state index in [1.54, 1.807) is 25.1 Å². The van der Waals surface area contributed by atoms with Crippen molar-refractivity contribution in [1.29, 1.82) is 0 Å². The van der Waals surface area contributed by atoms with Gasteiger partial charge in [-0.1, -0.05) is 18.2 Å². The second-order valence-corrected chi connectivity index (χ2v) is 9.81. The maximum atomic E-state index is 13.8. The van der Waals surface area contributed by atoms with E-state index in [9.17, 15) is 17.6 Å². The molecule has 1 fully saturated rings. The van der Waals surface area contributed by atoms with Gasteiger partial charge in [0.2, 0.25) is 15.9 Å². The molecule has 1 N–H and O–H groups in total. The van der Waals surface area contributed by atoms with Gasteiger partial charge in [0.25, 0.3) is 0 Å². The van der Waals surface area contributed by atoms with E-state index in [0.29, 0.717) is 31.1 Å². The number of aryl methyl sites for hydroxylation is 2. The number of piperazine rings is 1. The molecule has 1 heterocycles. The van der Waals surface area contributed by atoms with Crippen LogP contribution >= 0.6 is 0 Å². The zero-order valence-corrected chi connectivity index (χ0v) is 17.8. The molecule has 0 spiro atoms. The van der Waals surface area contributed by atoms with Crippen LogP contribution in [0.1, 0.15) is 24.5 Å². The van der Waals surface area contributed by atoms with Gasteiger partial charge >= 0.3 is 0 Å². The average molecular weight is 432 g/mol. The van der Waals surface area contributed by atoms with Gasteiger partial charge in [0.1, 0.15) is 5.82 Å². The first-order valence-electron chi connectivity index (χ1n) is 10.3. The van der Waals surface area contributed by atoms with Gasteiger partial charge in [0, 0.05) is 26.2 Å². The molecule has 2 aromatic rings. The van der Waals surface area contributed by atoms with Crippen LogP contribution in [0.15, 0.2) is 47.4 Å². The van der Waals surface area contributed by atoms with Crippen LogP contribution in [0.3, 0.4) is 0 Å². The highest BCUT2D eigenvalue weighted by Crippen LogP contribution is 2.27. The van der Waals surface area contributed by atoms with Gasteiger partial charge in [-0.15, -0.1) is 0 Å². The number of benzene rings is 2. The third-order valence-corrected chi connectivity index (χ3v) is 7.93. The van der Waals surface area contributed by atoms with E-state index in [0.717, 1.165) is 24.8 Å². The van der Waals surface area contributed by atoms with Gasteiger partial charge in [-0.3, -0.25) is 9.69 Å². The molecule has 6 nitrogen and oxygen atoms in total. The second-order valence-electron chi connectivity index (χ2n) is 7.87. The molecule has 2 aromatic carbocycles. The maximum Gasteiger partial charge on any atom is 0.243 e. The Morgan fingerprint density at radius 1 is 1.03 bits per heavy atom. The number of rotatable bonds is 5. The fourth-order valence-electron chi connectivity index (χ4n) is 4.15. The van der Waals surface area contributed by atoms with Crippen molar-refractivity contribution in [2.75, 3.05) is 31.5 Å². The Morgan fingerprint density at radius 2 is 1.73 bits per heavy atom. The minimum absolute atomic E-state index is 0.146. The molecule has 2 aliphatic rings. The van der Waals surface area contributed by atoms with Crippen LogP contribution in [-0.4, -0.2) is 55.8 Å². The Morgan fingerprint density at radius 3 is 2.47 bits per heavy atom. The van der Waals surface area contributed by atoms with E-state index in [4.69, 9.17) is 0 Å². The smallest absolute Gasteiger partial charge is 0.243 e. The fraction of sp³-hybridized carbons (Fsp3) is 0.409. The number of sulfonamides is 1. The van der Waals surface area contributed by atoms with E-state index < -0.39 is 21.9 Å². The van der Waals surface area contributed by atoms with Crippen LogP contribution in [0.4, 0.5) is 10.1 Å². The highest BCUT2D eigenvalue weighted by Gasteiger charge is 2.32. The summed E-state index contributed by atoms with van der Waals surface area (Å²) in [6, 6.07) is 11.0. The number of fused-ring (bicyclic) bond motifs is 1. The molecule has 30 heavy (non-hydrogen) atoms. The van der Waals surface area contributed by atoms with Crippen LogP contribution in [0.2, 0.25) is 0 Å². The molecule has 1 aliphatic heterocycles. The van der Waals surface area contributed by atoms with Gasteiger partial charge in [0.15, 0.2) is 0 Å². The Hall–Kier alpha value is -2.29. The molecule has 0 saturated carbocycles. The molecule has 0 unspecified atom stereocenters. The monoisotopic (exact) mass is 431 g/mol. The molecule has 1 aliphatic carbocycles. The number of hydrogen-bond acceptors (Lipinski definition) is 4. The number of carbonyl (C=O) groups excluding carboxylic acids is 1. The van der Waals surface area contributed by atoms with Crippen LogP contribution < -0.4 is 5.32 Å². The Kier molecular flexibility index (Phi) is 5.90. The summed E-state index contributed by atoms with van der Waals surface area (Å²) in [5.41, 5.74) is 2.52. The number of carbonyl (C=O) groups is 1. The Labute approximate surface area is 176 Å². The molecular weight excluding hydrogens is 405 g/mol. The lowest BCUT2D eigenvalue weighted by Gasteiger charge is -2.36. The molecule has 4 rings (SSSR count). The third-order valence-electron chi connectivity index (χ3n) is 6.04. The van der Waals surface area contributed by atoms with Crippen LogP contribution in [-0.2, 0) is 27.7 Å². The summed E-state index contributed by atoms with van der Waals surface area (Å²) in [5, 5.41) is 2.61. The standard InChI is InChI=1S/C22H26FN3O3S/c1-16(22(27)24-21-8-3-2-7-20(21)23)25-11-13-26(14-12-25)30(28,29)19-10-9-17-5-4-6-18(17)15-19/h2-3,7-10,15-16H,4-6,11-14H2,1H3,(H,24,27)/t16-/m1/s1. The fourth-order valence-corrected chi connectivity index (χ4v) is 5.63. The molecular formula is C22H26FN3O3S. The molecule has 0 aromatic heterocycles. The van der Waals surface area contributed by atoms with Crippen molar-refractivity contribution in [2.24, 2.45) is 0 Å². The number of para-hydroxylation sites is 1. The Balaban J connectivity index is 1.38. The quantitative estimate of drug-likeness (QED) is 0.790. The first kappa shape index (κ1) is 21.0. The lowest BCUT2D eigenvalue weighted by Crippen LogP contribution is -2.53. The number of halogens is 1. The first-order valence-corrected chi connectivity index (χ1v) is 11.7. The molecule has 1 atom stereocenters. The summed E-state index contributed by atoms with van der Waals surface area (Å²) < 4.78 is 41.4. The Bertz CT molecular complexity index is 1050. The average Bonchev–Trinajstić information content (AvgIpc) is 3.23. The molecule has 160 valence electrons. The zero-order chi connectivity index (χ0) is 21.3. The van der Waals surface area contributed by atoms with Crippen molar-refractivity contribution < 1.29 is 17.6 Å². The summed E-state index contributed by atoms with van der Waals surface area (Å²) in [7, 11) is -3.55. The second kappa shape index (κ2) is 8.45. The van der Waals surface area contributed by atoms with Crippen molar-refractivity contribution in [2.45, 2.75) is 37.1 Å². The summed E-state index contributed by atoms with van der Waals surface area (Å²) in [6.07, 6.45) is 3.02. The SMILES string of the molecule is C[C@H](C(=O)Nc1ccccc1F)N1CCN(S(=O)(=O)c2ccc3c(c2)CCC3)CC1. The van der Waals surface area contributed by atoms with Gasteiger partial charge in [-0.2, -0.15) is 4.31 Å². The molecule has 1 amide bonds. The van der Waals surface area contributed by atoms with Crippen molar-refractivity contribution in [1.82, 2.24) is 9.21 Å². The van der Waals surface area contributed by atoms with Crippen molar-refractivity contribution in [3.63, 3.8) is 0 Å². The molecule has 8 heteroatoms. The van der Waals surface area contributed by atoms with Crippen molar-refractivity contribution in [3.05, 3.63) is 59.4 Å². The number of nitrogens with zero attached hydrogens (tertiary/aromatic N) is 2. The van der Waals surface area contributed by atoms with Crippen LogP contribution in [0.5, 0.6) is 0 Å². The van der Waals surface area contributed by atoms with Gasteiger partial charge < -0.3 is 5.32 Å². The lowest BCUT2D eigenvalue weighted by atomic mass is 10.1. The van der Waals surface area contributed by atoms with Gasteiger partial charge in [-0.25, -0.2) is 12.8 Å². The van der Waals surface area contributed by atoms with E-state index in [1.807, 2.05) is 17.0 Å². The summed E-state index contributed by atoms with van der Waals surface area (Å²) >= 11 is 0. The van der Waals surface area contributed by atoms with Crippen LogP contribution in [0, 0.1) is 5.82 Å². The number of hydrogen-bond donors (Lipinski definition) is 1. The molecule has 1 saturated heterocycles. The predicted octanol–water partition coefficient (Wildman–Crippen LogP) is 2.65. The minimum Gasteiger partial charge on any atom is -0.322 e.